The number of rotatable bonds is 1. The summed E-state index contributed by atoms with van der Waals surface area (Å²) in [7, 11) is 0. The first kappa shape index (κ1) is 5.29. The summed E-state index contributed by atoms with van der Waals surface area (Å²) >= 11 is 0. The number of nitrogens with zero attached hydrogens (tertiary/aromatic N) is 1. The zero-order valence-electron chi connectivity index (χ0n) is 5.72. The average Bonchev–Trinajstić information content (AvgIpc) is 2.59. The molecule has 0 heterocycles. The van der Waals surface area contributed by atoms with Gasteiger partial charge in [0.1, 0.15) is 0 Å². The molecule has 2 atom stereocenters. The topological polar surface area (TPSA) is 4.36 Å². The van der Waals surface area contributed by atoms with Crippen molar-refractivity contribution >= 4 is 0 Å². The van der Waals surface area contributed by atoms with Crippen molar-refractivity contribution in [2.24, 2.45) is 11.8 Å². The lowest BCUT2D eigenvalue weighted by atomic mass is 10.1. The maximum absolute atomic E-state index is 6.99. The Bertz CT molecular complexity index is 175. The van der Waals surface area contributed by atoms with Gasteiger partial charge in [-0.15, -0.1) is 0 Å². The lowest BCUT2D eigenvalue weighted by molar-refractivity contribution is 0.625. The van der Waals surface area contributed by atoms with E-state index < -0.39 is 0 Å². The van der Waals surface area contributed by atoms with Gasteiger partial charge in [0.25, 0.3) is 0 Å². The fraction of sp³-hybridized carbons (Fsp3) is 0.875. The Morgan fingerprint density at radius 1 is 1.56 bits per heavy atom. The Hall–Kier alpha value is -0.510. The normalized spacial score (nSPS) is 48.2. The second kappa shape index (κ2) is 1.31. The summed E-state index contributed by atoms with van der Waals surface area (Å²) in [5.41, 5.74) is 0.153. The van der Waals surface area contributed by atoms with Crippen molar-refractivity contribution in [2.45, 2.75) is 31.7 Å². The van der Waals surface area contributed by atoms with E-state index >= 15 is 0 Å². The molecule has 0 radical (unpaired) electrons. The highest BCUT2D eigenvalue weighted by Crippen LogP contribution is 2.60. The van der Waals surface area contributed by atoms with Crippen molar-refractivity contribution in [3.63, 3.8) is 0 Å². The van der Waals surface area contributed by atoms with E-state index in [1.54, 1.807) is 0 Å². The molecule has 0 spiro atoms. The molecule has 1 heteroatoms. The Labute approximate surface area is 55.9 Å². The van der Waals surface area contributed by atoms with Crippen LogP contribution in [0.25, 0.3) is 4.85 Å². The molecule has 0 saturated heterocycles. The van der Waals surface area contributed by atoms with E-state index in [2.05, 4.69) is 11.8 Å². The molecule has 0 bridgehead atoms. The van der Waals surface area contributed by atoms with E-state index in [1.807, 2.05) is 0 Å². The average molecular weight is 121 g/mol. The summed E-state index contributed by atoms with van der Waals surface area (Å²) in [5.74, 6) is 1.51. The van der Waals surface area contributed by atoms with Crippen LogP contribution in [-0.2, 0) is 0 Å². The van der Waals surface area contributed by atoms with Crippen molar-refractivity contribution in [1.29, 1.82) is 0 Å². The van der Waals surface area contributed by atoms with Gasteiger partial charge in [-0.3, -0.25) is 0 Å². The van der Waals surface area contributed by atoms with Crippen LogP contribution in [-0.4, -0.2) is 5.54 Å². The molecule has 0 aromatic rings. The minimum absolute atomic E-state index is 0.153. The number of hydrogen-bond donors (Lipinski definition) is 0. The Kier molecular flexibility index (Phi) is 0.773. The molecule has 48 valence electrons. The van der Waals surface area contributed by atoms with E-state index in [-0.39, 0.29) is 5.54 Å². The van der Waals surface area contributed by atoms with Crippen LogP contribution < -0.4 is 0 Å². The van der Waals surface area contributed by atoms with Crippen molar-refractivity contribution < 1.29 is 0 Å². The molecule has 1 nitrogen and oxygen atoms in total. The van der Waals surface area contributed by atoms with Crippen molar-refractivity contribution in [3.05, 3.63) is 11.4 Å². The van der Waals surface area contributed by atoms with Crippen LogP contribution in [0, 0.1) is 18.4 Å². The third kappa shape index (κ3) is 0.538. The number of hydrogen-bond acceptors (Lipinski definition) is 0. The van der Waals surface area contributed by atoms with Crippen molar-refractivity contribution in [1.82, 2.24) is 0 Å². The van der Waals surface area contributed by atoms with Crippen LogP contribution in [0.15, 0.2) is 0 Å². The highest BCUT2D eigenvalue weighted by molar-refractivity contribution is 5.22. The highest BCUT2D eigenvalue weighted by Gasteiger charge is 2.67. The standard InChI is InChI=1S/C8H11N/c1-6-5-8(6,9-2)7-3-4-7/h6-7H,3-5H2,1H3. The molecule has 2 unspecified atom stereocenters. The lowest BCUT2D eigenvalue weighted by Gasteiger charge is -1.96. The molecule has 0 amide bonds. The van der Waals surface area contributed by atoms with Gasteiger partial charge in [0, 0.05) is 18.3 Å². The molecular weight excluding hydrogens is 110 g/mol. The first-order chi connectivity index (χ1) is 4.29. The summed E-state index contributed by atoms with van der Waals surface area (Å²) in [5, 5.41) is 0. The Morgan fingerprint density at radius 3 is 2.22 bits per heavy atom. The predicted octanol–water partition coefficient (Wildman–Crippen LogP) is 2.09. The summed E-state index contributed by atoms with van der Waals surface area (Å²) in [6.45, 7) is 9.20. The first-order valence-electron chi connectivity index (χ1n) is 3.68. The van der Waals surface area contributed by atoms with Gasteiger partial charge in [-0.1, -0.05) is 6.92 Å². The second-order valence-corrected chi connectivity index (χ2v) is 3.48. The zero-order valence-corrected chi connectivity index (χ0v) is 5.72. The van der Waals surface area contributed by atoms with Crippen LogP contribution >= 0.6 is 0 Å². The Morgan fingerprint density at radius 2 is 2.11 bits per heavy atom. The fourth-order valence-corrected chi connectivity index (χ4v) is 1.83. The van der Waals surface area contributed by atoms with Crippen LogP contribution in [0.5, 0.6) is 0 Å². The minimum Gasteiger partial charge on any atom is -0.310 e. The van der Waals surface area contributed by atoms with Crippen molar-refractivity contribution in [2.75, 3.05) is 0 Å². The van der Waals surface area contributed by atoms with E-state index in [1.165, 1.54) is 19.3 Å². The maximum atomic E-state index is 6.99. The zero-order chi connectivity index (χ0) is 6.48. The first-order valence-corrected chi connectivity index (χ1v) is 3.68. The van der Waals surface area contributed by atoms with Crippen LogP contribution in [0.3, 0.4) is 0 Å². The third-order valence-corrected chi connectivity index (χ3v) is 2.82. The van der Waals surface area contributed by atoms with E-state index in [9.17, 15) is 0 Å². The lowest BCUT2D eigenvalue weighted by Crippen LogP contribution is -2.06. The molecular formula is C8H11N. The fourth-order valence-electron chi connectivity index (χ4n) is 1.83. The van der Waals surface area contributed by atoms with Gasteiger partial charge >= 0.3 is 0 Å². The van der Waals surface area contributed by atoms with E-state index in [0.717, 1.165) is 5.92 Å². The molecule has 2 fully saturated rings. The molecule has 2 aliphatic carbocycles. The summed E-state index contributed by atoms with van der Waals surface area (Å²) in [6.07, 6.45) is 3.83. The third-order valence-electron chi connectivity index (χ3n) is 2.82. The van der Waals surface area contributed by atoms with Gasteiger partial charge in [-0.2, -0.15) is 0 Å². The molecule has 0 N–H and O–H groups in total. The van der Waals surface area contributed by atoms with Crippen LogP contribution in [0.2, 0.25) is 0 Å². The van der Waals surface area contributed by atoms with Gasteiger partial charge < -0.3 is 4.85 Å². The van der Waals surface area contributed by atoms with Crippen molar-refractivity contribution in [3.8, 4) is 0 Å². The van der Waals surface area contributed by atoms with E-state index in [0.29, 0.717) is 5.92 Å². The quantitative estimate of drug-likeness (QED) is 0.468. The molecule has 2 saturated carbocycles. The highest BCUT2D eigenvalue weighted by atomic mass is 14.9. The molecule has 2 rings (SSSR count). The molecule has 2 aliphatic rings. The SMILES string of the molecule is [C-]#[N+]C1(C2CC2)CC1C. The molecule has 0 aromatic heterocycles. The largest absolute Gasteiger partial charge is 0.310 e. The minimum atomic E-state index is 0.153. The van der Waals surface area contributed by atoms with Gasteiger partial charge in [0.15, 0.2) is 0 Å². The van der Waals surface area contributed by atoms with Gasteiger partial charge in [-0.05, 0) is 12.8 Å². The van der Waals surface area contributed by atoms with Gasteiger partial charge in [-0.25, -0.2) is 6.57 Å². The van der Waals surface area contributed by atoms with Crippen LogP contribution in [0.1, 0.15) is 26.2 Å². The summed E-state index contributed by atoms with van der Waals surface area (Å²) in [4.78, 5) is 3.72. The van der Waals surface area contributed by atoms with E-state index in [4.69, 9.17) is 6.57 Å². The summed E-state index contributed by atoms with van der Waals surface area (Å²) in [6, 6.07) is 0. The van der Waals surface area contributed by atoms with Gasteiger partial charge in [0.05, 0.1) is 0 Å². The monoisotopic (exact) mass is 121 g/mol. The van der Waals surface area contributed by atoms with Crippen LogP contribution in [0.4, 0.5) is 0 Å². The smallest absolute Gasteiger partial charge is 0.238 e. The molecule has 9 heavy (non-hydrogen) atoms. The summed E-state index contributed by atoms with van der Waals surface area (Å²) < 4.78 is 0. The molecule has 0 aliphatic heterocycles. The Balaban J connectivity index is 2.14. The maximum Gasteiger partial charge on any atom is 0.238 e. The van der Waals surface area contributed by atoms with Gasteiger partial charge in [0.2, 0.25) is 5.54 Å². The predicted molar refractivity (Wildman–Crippen MR) is 35.8 cm³/mol. The molecule has 0 aromatic carbocycles. The second-order valence-electron chi connectivity index (χ2n) is 3.48.